The van der Waals surface area contributed by atoms with E-state index in [4.69, 9.17) is 0 Å². The number of carbonyl (C=O) groups is 1. The summed E-state index contributed by atoms with van der Waals surface area (Å²) in [6.45, 7) is 0. The zero-order valence-corrected chi connectivity index (χ0v) is 14.0. The molecule has 122 valence electrons. The normalized spacial score (nSPS) is 11.1. The zero-order chi connectivity index (χ0) is 17.2. The van der Waals surface area contributed by atoms with Crippen LogP contribution in [0, 0.1) is 11.6 Å². The number of nitrogens with one attached hydrogen (secondary N) is 1. The van der Waals surface area contributed by atoms with Crippen molar-refractivity contribution >= 4 is 37.6 Å². The lowest BCUT2D eigenvalue weighted by molar-refractivity contribution is 0.0596. The minimum atomic E-state index is -4.25. The summed E-state index contributed by atoms with van der Waals surface area (Å²) in [7, 11) is -3.15. The Balaban J connectivity index is 2.49. The minimum Gasteiger partial charge on any atom is -0.465 e. The number of carbonyl (C=O) groups excluding carboxylic acids is 1. The van der Waals surface area contributed by atoms with Crippen molar-refractivity contribution in [3.8, 4) is 0 Å². The van der Waals surface area contributed by atoms with E-state index in [9.17, 15) is 22.0 Å². The molecule has 2 rings (SSSR count). The third-order valence-electron chi connectivity index (χ3n) is 2.75. The molecule has 2 aromatic rings. The molecule has 0 heterocycles. The van der Waals surface area contributed by atoms with Gasteiger partial charge < -0.3 is 4.74 Å². The maximum absolute atomic E-state index is 13.2. The molecule has 0 saturated carbocycles. The van der Waals surface area contributed by atoms with Crippen LogP contribution in [-0.2, 0) is 14.8 Å². The van der Waals surface area contributed by atoms with Gasteiger partial charge in [-0.15, -0.1) is 0 Å². The Kier molecular flexibility index (Phi) is 5.00. The van der Waals surface area contributed by atoms with Crippen LogP contribution in [0.1, 0.15) is 10.4 Å². The molecule has 0 aromatic heterocycles. The highest BCUT2D eigenvalue weighted by Gasteiger charge is 2.24. The SMILES string of the molecule is COC(=O)c1cc(Br)ccc1S(=O)(=O)Nc1cc(F)cc(F)c1. The van der Waals surface area contributed by atoms with E-state index in [0.717, 1.165) is 19.2 Å². The van der Waals surface area contributed by atoms with Crippen LogP contribution < -0.4 is 4.72 Å². The fourth-order valence-electron chi connectivity index (χ4n) is 1.83. The first kappa shape index (κ1) is 17.4. The topological polar surface area (TPSA) is 72.5 Å². The number of anilines is 1. The fourth-order valence-corrected chi connectivity index (χ4v) is 3.41. The van der Waals surface area contributed by atoms with E-state index in [2.05, 4.69) is 20.7 Å². The van der Waals surface area contributed by atoms with E-state index < -0.39 is 27.6 Å². The highest BCUT2D eigenvalue weighted by atomic mass is 79.9. The molecule has 9 heteroatoms. The van der Waals surface area contributed by atoms with Gasteiger partial charge in [-0.05, 0) is 30.3 Å². The van der Waals surface area contributed by atoms with Gasteiger partial charge in [0.2, 0.25) is 0 Å². The molecule has 0 spiro atoms. The lowest BCUT2D eigenvalue weighted by Crippen LogP contribution is -2.17. The van der Waals surface area contributed by atoms with Crippen LogP contribution in [0.5, 0.6) is 0 Å². The van der Waals surface area contributed by atoms with Crippen molar-refractivity contribution in [1.29, 1.82) is 0 Å². The van der Waals surface area contributed by atoms with Crippen molar-refractivity contribution in [2.45, 2.75) is 4.90 Å². The Bertz CT molecular complexity index is 851. The monoisotopic (exact) mass is 405 g/mol. The van der Waals surface area contributed by atoms with Crippen LogP contribution in [0.25, 0.3) is 0 Å². The molecule has 0 atom stereocenters. The van der Waals surface area contributed by atoms with Crippen LogP contribution in [0.3, 0.4) is 0 Å². The average molecular weight is 406 g/mol. The van der Waals surface area contributed by atoms with Crippen molar-refractivity contribution in [2.75, 3.05) is 11.8 Å². The van der Waals surface area contributed by atoms with Gasteiger partial charge in [-0.3, -0.25) is 4.72 Å². The first-order chi connectivity index (χ1) is 10.7. The van der Waals surface area contributed by atoms with Gasteiger partial charge in [0.15, 0.2) is 0 Å². The first-order valence-electron chi connectivity index (χ1n) is 6.10. The summed E-state index contributed by atoms with van der Waals surface area (Å²) < 4.78 is 58.2. The molecule has 0 unspecified atom stereocenters. The van der Waals surface area contributed by atoms with E-state index in [1.54, 1.807) is 0 Å². The standard InChI is InChI=1S/C14H10BrF2NO4S/c1-22-14(19)12-4-8(15)2-3-13(12)23(20,21)18-11-6-9(16)5-10(17)7-11/h2-7,18H,1H3. The number of benzene rings is 2. The van der Waals surface area contributed by atoms with Crippen LogP contribution in [0.4, 0.5) is 14.5 Å². The molecule has 0 fully saturated rings. The number of esters is 1. The van der Waals surface area contributed by atoms with Crippen molar-refractivity contribution in [3.05, 3.63) is 58.1 Å². The molecule has 0 aliphatic carbocycles. The maximum Gasteiger partial charge on any atom is 0.339 e. The van der Waals surface area contributed by atoms with E-state index in [0.29, 0.717) is 10.5 Å². The second kappa shape index (κ2) is 6.63. The van der Waals surface area contributed by atoms with Crippen LogP contribution in [0.2, 0.25) is 0 Å². The van der Waals surface area contributed by atoms with Crippen molar-refractivity contribution < 1.29 is 26.7 Å². The van der Waals surface area contributed by atoms with Gasteiger partial charge in [-0.2, -0.15) is 0 Å². The zero-order valence-electron chi connectivity index (χ0n) is 11.6. The van der Waals surface area contributed by atoms with E-state index in [1.807, 2.05) is 4.72 Å². The molecule has 0 radical (unpaired) electrons. The highest BCUT2D eigenvalue weighted by molar-refractivity contribution is 9.10. The molecular formula is C14H10BrF2NO4S. The summed E-state index contributed by atoms with van der Waals surface area (Å²) in [4.78, 5) is 11.4. The quantitative estimate of drug-likeness (QED) is 0.791. The van der Waals surface area contributed by atoms with E-state index in [1.165, 1.54) is 18.2 Å². The molecule has 0 aliphatic rings. The summed E-state index contributed by atoms with van der Waals surface area (Å²) in [5.74, 6) is -2.74. The second-order valence-corrected chi connectivity index (χ2v) is 6.96. The van der Waals surface area contributed by atoms with Gasteiger partial charge >= 0.3 is 5.97 Å². The van der Waals surface area contributed by atoms with E-state index >= 15 is 0 Å². The van der Waals surface area contributed by atoms with Gasteiger partial charge in [0, 0.05) is 10.5 Å². The molecule has 0 aliphatic heterocycles. The number of ether oxygens (including phenoxy) is 1. The lowest BCUT2D eigenvalue weighted by atomic mass is 10.2. The van der Waals surface area contributed by atoms with Gasteiger partial charge in [0.1, 0.15) is 16.5 Å². The summed E-state index contributed by atoms with van der Waals surface area (Å²) in [6.07, 6.45) is 0. The number of rotatable bonds is 4. The van der Waals surface area contributed by atoms with Gasteiger partial charge in [-0.1, -0.05) is 15.9 Å². The van der Waals surface area contributed by atoms with Crippen LogP contribution >= 0.6 is 15.9 Å². The highest BCUT2D eigenvalue weighted by Crippen LogP contribution is 2.24. The summed E-state index contributed by atoms with van der Waals surface area (Å²) >= 11 is 3.12. The number of hydrogen-bond donors (Lipinski definition) is 1. The summed E-state index contributed by atoms with van der Waals surface area (Å²) in [6, 6.07) is 6.10. The fraction of sp³-hybridized carbons (Fsp3) is 0.0714. The molecule has 0 saturated heterocycles. The molecule has 5 nitrogen and oxygen atoms in total. The lowest BCUT2D eigenvalue weighted by Gasteiger charge is -2.12. The maximum atomic E-state index is 13.2. The molecule has 0 amide bonds. The van der Waals surface area contributed by atoms with Crippen LogP contribution in [0.15, 0.2) is 45.8 Å². The molecule has 0 bridgehead atoms. The van der Waals surface area contributed by atoms with Crippen molar-refractivity contribution in [1.82, 2.24) is 0 Å². The van der Waals surface area contributed by atoms with Crippen molar-refractivity contribution in [2.24, 2.45) is 0 Å². The average Bonchev–Trinajstić information content (AvgIpc) is 2.44. The number of methoxy groups -OCH3 is 1. The molecule has 2 aromatic carbocycles. The number of halogens is 3. The van der Waals surface area contributed by atoms with E-state index in [-0.39, 0.29) is 16.1 Å². The number of sulfonamides is 1. The van der Waals surface area contributed by atoms with Gasteiger partial charge in [0.25, 0.3) is 10.0 Å². The molecule has 23 heavy (non-hydrogen) atoms. The minimum absolute atomic E-state index is 0.216. The Hall–Kier alpha value is -2.00. The third-order valence-corrected chi connectivity index (χ3v) is 4.68. The molecular weight excluding hydrogens is 396 g/mol. The smallest absolute Gasteiger partial charge is 0.339 e. The largest absolute Gasteiger partial charge is 0.465 e. The van der Waals surface area contributed by atoms with Crippen LogP contribution in [-0.4, -0.2) is 21.5 Å². The first-order valence-corrected chi connectivity index (χ1v) is 8.37. The third kappa shape index (κ3) is 4.05. The summed E-state index contributed by atoms with van der Waals surface area (Å²) in [5, 5.41) is 0. The van der Waals surface area contributed by atoms with Gasteiger partial charge in [-0.25, -0.2) is 22.0 Å². The Labute approximate surface area is 139 Å². The Morgan fingerprint density at radius 1 is 1.13 bits per heavy atom. The van der Waals surface area contributed by atoms with Crippen molar-refractivity contribution in [3.63, 3.8) is 0 Å². The van der Waals surface area contributed by atoms with Gasteiger partial charge in [0.05, 0.1) is 18.4 Å². The number of hydrogen-bond acceptors (Lipinski definition) is 4. The molecule has 1 N–H and O–H groups in total. The Morgan fingerprint density at radius 2 is 1.74 bits per heavy atom. The predicted molar refractivity (Wildman–Crippen MR) is 82.6 cm³/mol. The summed E-state index contributed by atoms with van der Waals surface area (Å²) in [5.41, 5.74) is -0.521. The Morgan fingerprint density at radius 3 is 2.30 bits per heavy atom. The predicted octanol–water partition coefficient (Wildman–Crippen LogP) is 3.31. The second-order valence-electron chi connectivity index (χ2n) is 4.40.